The number of carbonyl (C=O) groups is 2. The second kappa shape index (κ2) is 7.27. The second-order valence-electron chi connectivity index (χ2n) is 5.79. The topological polar surface area (TPSA) is 101 Å². The number of sulfone groups is 1. The highest BCUT2D eigenvalue weighted by Crippen LogP contribution is 2.15. The molecule has 1 fully saturated rings. The van der Waals surface area contributed by atoms with Gasteiger partial charge in [-0.2, -0.15) is 0 Å². The Morgan fingerprint density at radius 3 is 2.46 bits per heavy atom. The number of benzene rings is 1. The molecule has 1 aliphatic rings. The van der Waals surface area contributed by atoms with Crippen LogP contribution >= 0.6 is 0 Å². The van der Waals surface area contributed by atoms with Crippen LogP contribution < -0.4 is 5.73 Å². The highest BCUT2D eigenvalue weighted by molar-refractivity contribution is 7.91. The zero-order valence-electron chi connectivity index (χ0n) is 13.3. The number of amides is 2. The van der Waals surface area contributed by atoms with Crippen LogP contribution in [0.2, 0.25) is 0 Å². The molecule has 0 aliphatic carbocycles. The van der Waals surface area contributed by atoms with Crippen LogP contribution in [0.5, 0.6) is 0 Å². The van der Waals surface area contributed by atoms with Crippen molar-refractivity contribution in [2.75, 3.05) is 32.4 Å². The molecule has 132 valence electrons. The lowest BCUT2D eigenvalue weighted by molar-refractivity contribution is -0.142. The van der Waals surface area contributed by atoms with Gasteiger partial charge in [-0.3, -0.25) is 9.59 Å². The molecule has 1 saturated heterocycles. The maximum absolute atomic E-state index is 12.9. The average molecular weight is 357 g/mol. The van der Waals surface area contributed by atoms with E-state index >= 15 is 0 Å². The van der Waals surface area contributed by atoms with E-state index in [4.69, 9.17) is 5.73 Å². The van der Waals surface area contributed by atoms with E-state index in [0.29, 0.717) is 19.6 Å². The van der Waals surface area contributed by atoms with Gasteiger partial charge in [0.1, 0.15) is 11.9 Å². The summed E-state index contributed by atoms with van der Waals surface area (Å²) in [5, 5.41) is 0. The van der Waals surface area contributed by atoms with E-state index in [-0.39, 0.29) is 11.3 Å². The molecule has 2 N–H and O–H groups in total. The van der Waals surface area contributed by atoms with E-state index < -0.39 is 39.3 Å². The van der Waals surface area contributed by atoms with Gasteiger partial charge in [0.05, 0.1) is 10.6 Å². The van der Waals surface area contributed by atoms with E-state index in [1.54, 1.807) is 0 Å². The number of nitrogens with two attached hydrogens (primary N) is 1. The molecular weight excluding hydrogens is 337 g/mol. The zero-order chi connectivity index (χ0) is 17.9. The number of primary amides is 1. The fraction of sp³-hybridized carbons (Fsp3) is 0.467. The largest absolute Gasteiger partial charge is 0.368 e. The molecule has 0 aromatic heterocycles. The Labute approximate surface area is 140 Å². The van der Waals surface area contributed by atoms with Gasteiger partial charge < -0.3 is 15.5 Å². The maximum Gasteiger partial charge on any atom is 0.241 e. The lowest BCUT2D eigenvalue weighted by Gasteiger charge is -2.38. The van der Waals surface area contributed by atoms with Gasteiger partial charge in [0, 0.05) is 26.1 Å². The van der Waals surface area contributed by atoms with E-state index in [1.807, 2.05) is 11.9 Å². The molecule has 0 radical (unpaired) electrons. The molecule has 2 rings (SSSR count). The first-order valence-electron chi connectivity index (χ1n) is 7.46. The Bertz CT molecular complexity index is 721. The summed E-state index contributed by atoms with van der Waals surface area (Å²) in [6, 6.07) is 3.68. The minimum atomic E-state index is -3.70. The number of hydrogen-bond donors (Lipinski definition) is 1. The van der Waals surface area contributed by atoms with Gasteiger partial charge in [-0.25, -0.2) is 12.8 Å². The summed E-state index contributed by atoms with van der Waals surface area (Å²) in [5.41, 5.74) is 5.33. The van der Waals surface area contributed by atoms with Crippen molar-refractivity contribution < 1.29 is 22.4 Å². The molecule has 7 nitrogen and oxygen atoms in total. The molecule has 2 amide bonds. The smallest absolute Gasteiger partial charge is 0.241 e. The highest BCUT2D eigenvalue weighted by Gasteiger charge is 2.33. The third kappa shape index (κ3) is 4.30. The Balaban J connectivity index is 2.03. The van der Waals surface area contributed by atoms with Crippen molar-refractivity contribution >= 4 is 21.7 Å². The predicted molar refractivity (Wildman–Crippen MR) is 85.3 cm³/mol. The first-order valence-corrected chi connectivity index (χ1v) is 9.11. The summed E-state index contributed by atoms with van der Waals surface area (Å²) in [7, 11) is -1.88. The van der Waals surface area contributed by atoms with Crippen LogP contribution in [0, 0.1) is 5.82 Å². The number of piperazine rings is 1. The Morgan fingerprint density at radius 2 is 1.88 bits per heavy atom. The van der Waals surface area contributed by atoms with Crippen LogP contribution in [-0.2, 0) is 19.4 Å². The minimum absolute atomic E-state index is 0.0403. The third-order valence-electron chi connectivity index (χ3n) is 3.99. The zero-order valence-corrected chi connectivity index (χ0v) is 14.1. The molecule has 1 aromatic rings. The summed E-state index contributed by atoms with van der Waals surface area (Å²) >= 11 is 0. The van der Waals surface area contributed by atoms with Gasteiger partial charge in [0.2, 0.25) is 11.8 Å². The van der Waals surface area contributed by atoms with Gasteiger partial charge in [0.15, 0.2) is 9.84 Å². The van der Waals surface area contributed by atoms with E-state index in [9.17, 15) is 22.4 Å². The van der Waals surface area contributed by atoms with Crippen molar-refractivity contribution in [2.24, 2.45) is 5.73 Å². The Morgan fingerprint density at radius 1 is 1.25 bits per heavy atom. The SMILES string of the molecule is CN1CCN(C(=O)CCS(=O)(=O)c2ccc(F)cc2)C(C(N)=O)C1. The average Bonchev–Trinajstić information content (AvgIpc) is 2.53. The predicted octanol–water partition coefficient (Wildman–Crippen LogP) is -0.383. The van der Waals surface area contributed by atoms with E-state index in [1.165, 1.54) is 4.90 Å². The highest BCUT2D eigenvalue weighted by atomic mass is 32.2. The number of rotatable bonds is 5. The fourth-order valence-electron chi connectivity index (χ4n) is 2.59. The van der Waals surface area contributed by atoms with Crippen LogP contribution in [0.25, 0.3) is 0 Å². The molecule has 1 heterocycles. The molecular formula is C15H20FN3O4S. The maximum atomic E-state index is 12.9. The van der Waals surface area contributed by atoms with Crippen molar-refractivity contribution in [3.8, 4) is 0 Å². The standard InChI is InChI=1S/C15H20FN3O4S/c1-18-7-8-19(13(10-18)15(17)21)14(20)6-9-24(22,23)12-4-2-11(16)3-5-12/h2-5,13H,6-10H2,1H3,(H2,17,21). The van der Waals surface area contributed by atoms with Gasteiger partial charge >= 0.3 is 0 Å². The normalized spacial score (nSPS) is 19.2. The van der Waals surface area contributed by atoms with Crippen LogP contribution in [-0.4, -0.2) is 68.5 Å². The van der Waals surface area contributed by atoms with E-state index in [0.717, 1.165) is 24.3 Å². The minimum Gasteiger partial charge on any atom is -0.368 e. The molecule has 24 heavy (non-hydrogen) atoms. The molecule has 1 unspecified atom stereocenters. The van der Waals surface area contributed by atoms with Crippen molar-refractivity contribution in [3.63, 3.8) is 0 Å². The van der Waals surface area contributed by atoms with E-state index in [2.05, 4.69) is 0 Å². The fourth-order valence-corrected chi connectivity index (χ4v) is 3.82. The van der Waals surface area contributed by atoms with Crippen LogP contribution in [0.4, 0.5) is 4.39 Å². The van der Waals surface area contributed by atoms with Crippen molar-refractivity contribution in [1.82, 2.24) is 9.80 Å². The summed E-state index contributed by atoms with van der Waals surface area (Å²) in [6.45, 7) is 1.23. The van der Waals surface area contributed by atoms with Gasteiger partial charge in [-0.1, -0.05) is 0 Å². The van der Waals surface area contributed by atoms with Gasteiger partial charge in [-0.05, 0) is 31.3 Å². The van der Waals surface area contributed by atoms with Crippen LogP contribution in [0.1, 0.15) is 6.42 Å². The second-order valence-corrected chi connectivity index (χ2v) is 7.90. The monoisotopic (exact) mass is 357 g/mol. The number of likely N-dealkylation sites (N-methyl/N-ethyl adjacent to an activating group) is 1. The number of halogens is 1. The Hall–Kier alpha value is -2.00. The summed E-state index contributed by atoms with van der Waals surface area (Å²) in [4.78, 5) is 27.0. The Kier molecular flexibility index (Phi) is 5.55. The molecule has 9 heteroatoms. The third-order valence-corrected chi connectivity index (χ3v) is 5.72. The number of nitrogens with zero attached hydrogens (tertiary/aromatic N) is 2. The van der Waals surface area contributed by atoms with Gasteiger partial charge in [0.25, 0.3) is 0 Å². The van der Waals surface area contributed by atoms with Crippen molar-refractivity contribution in [2.45, 2.75) is 17.4 Å². The molecule has 0 saturated carbocycles. The summed E-state index contributed by atoms with van der Waals surface area (Å²) in [5.74, 6) is -1.99. The molecule has 0 spiro atoms. The summed E-state index contributed by atoms with van der Waals surface area (Å²) in [6.07, 6.45) is -0.257. The lowest BCUT2D eigenvalue weighted by Crippen LogP contribution is -2.59. The van der Waals surface area contributed by atoms with Crippen LogP contribution in [0.15, 0.2) is 29.2 Å². The molecule has 1 atom stereocenters. The molecule has 0 bridgehead atoms. The molecule has 1 aliphatic heterocycles. The lowest BCUT2D eigenvalue weighted by atomic mass is 10.1. The number of hydrogen-bond acceptors (Lipinski definition) is 5. The molecule has 1 aromatic carbocycles. The van der Waals surface area contributed by atoms with Crippen molar-refractivity contribution in [3.05, 3.63) is 30.1 Å². The van der Waals surface area contributed by atoms with Gasteiger partial charge in [-0.15, -0.1) is 0 Å². The summed E-state index contributed by atoms with van der Waals surface area (Å²) < 4.78 is 37.3. The van der Waals surface area contributed by atoms with Crippen LogP contribution in [0.3, 0.4) is 0 Å². The first-order chi connectivity index (χ1) is 11.2. The quantitative estimate of drug-likeness (QED) is 0.724. The van der Waals surface area contributed by atoms with Crippen molar-refractivity contribution in [1.29, 1.82) is 0 Å². The number of carbonyl (C=O) groups excluding carboxylic acids is 2. The first kappa shape index (κ1) is 18.3.